The highest BCUT2D eigenvalue weighted by molar-refractivity contribution is 5.65. The van der Waals surface area contributed by atoms with Crippen LogP contribution in [0.1, 0.15) is 18.9 Å². The van der Waals surface area contributed by atoms with Crippen molar-refractivity contribution < 1.29 is 5.11 Å². The minimum Gasteiger partial charge on any atom is -0.392 e. The van der Waals surface area contributed by atoms with Crippen molar-refractivity contribution >= 4 is 5.57 Å². The molecule has 0 aliphatic heterocycles. The standard InChI is InChI=1S/C11H14O/c1-2-10(8-9-12)11-6-4-3-5-7-11/h3-8,12H,2,9H2,1H3/b10-8+. The Morgan fingerprint density at radius 3 is 2.50 bits per heavy atom. The van der Waals surface area contributed by atoms with Gasteiger partial charge in [-0.25, -0.2) is 0 Å². The summed E-state index contributed by atoms with van der Waals surface area (Å²) in [5, 5.41) is 8.75. The van der Waals surface area contributed by atoms with Gasteiger partial charge in [0.15, 0.2) is 0 Å². The van der Waals surface area contributed by atoms with Crippen molar-refractivity contribution in [2.24, 2.45) is 0 Å². The van der Waals surface area contributed by atoms with Gasteiger partial charge in [-0.15, -0.1) is 0 Å². The summed E-state index contributed by atoms with van der Waals surface area (Å²) in [7, 11) is 0. The molecule has 12 heavy (non-hydrogen) atoms. The summed E-state index contributed by atoms with van der Waals surface area (Å²) >= 11 is 0. The molecule has 0 radical (unpaired) electrons. The maximum absolute atomic E-state index is 8.75. The Morgan fingerprint density at radius 1 is 1.33 bits per heavy atom. The first kappa shape index (κ1) is 9.01. The Hall–Kier alpha value is -1.08. The lowest BCUT2D eigenvalue weighted by molar-refractivity contribution is 0.343. The van der Waals surface area contributed by atoms with Gasteiger partial charge in [0.25, 0.3) is 0 Å². The zero-order valence-corrected chi connectivity index (χ0v) is 7.33. The van der Waals surface area contributed by atoms with Crippen molar-refractivity contribution in [2.75, 3.05) is 6.61 Å². The molecule has 0 heterocycles. The van der Waals surface area contributed by atoms with Crippen molar-refractivity contribution in [1.29, 1.82) is 0 Å². The van der Waals surface area contributed by atoms with Crippen LogP contribution in [-0.4, -0.2) is 11.7 Å². The second-order valence-corrected chi connectivity index (χ2v) is 2.63. The van der Waals surface area contributed by atoms with Gasteiger partial charge in [0.2, 0.25) is 0 Å². The van der Waals surface area contributed by atoms with Gasteiger partial charge in [0.05, 0.1) is 6.61 Å². The first-order valence-corrected chi connectivity index (χ1v) is 4.23. The molecule has 0 amide bonds. The number of hydrogen-bond acceptors (Lipinski definition) is 1. The van der Waals surface area contributed by atoms with E-state index in [9.17, 15) is 0 Å². The van der Waals surface area contributed by atoms with E-state index >= 15 is 0 Å². The van der Waals surface area contributed by atoms with Crippen LogP contribution in [0.2, 0.25) is 0 Å². The van der Waals surface area contributed by atoms with Crippen LogP contribution in [0.5, 0.6) is 0 Å². The average Bonchev–Trinajstić information content (AvgIpc) is 2.15. The highest BCUT2D eigenvalue weighted by Gasteiger charge is 1.95. The third kappa shape index (κ3) is 2.21. The van der Waals surface area contributed by atoms with E-state index in [1.54, 1.807) is 0 Å². The van der Waals surface area contributed by atoms with Gasteiger partial charge >= 0.3 is 0 Å². The van der Waals surface area contributed by atoms with Crippen molar-refractivity contribution in [3.8, 4) is 0 Å². The minimum atomic E-state index is 0.123. The SMILES string of the molecule is CC/C(=C\CO)c1ccccc1. The van der Waals surface area contributed by atoms with E-state index in [0.717, 1.165) is 6.42 Å². The molecule has 1 rings (SSSR count). The fraction of sp³-hybridized carbons (Fsp3) is 0.273. The van der Waals surface area contributed by atoms with Gasteiger partial charge in [0, 0.05) is 0 Å². The molecular weight excluding hydrogens is 148 g/mol. The monoisotopic (exact) mass is 162 g/mol. The molecule has 0 atom stereocenters. The summed E-state index contributed by atoms with van der Waals surface area (Å²) in [6.07, 6.45) is 2.82. The second kappa shape index (κ2) is 4.73. The molecule has 0 spiro atoms. The van der Waals surface area contributed by atoms with E-state index in [4.69, 9.17) is 5.11 Å². The summed E-state index contributed by atoms with van der Waals surface area (Å²) in [6, 6.07) is 10.1. The fourth-order valence-corrected chi connectivity index (χ4v) is 1.23. The molecule has 0 fully saturated rings. The topological polar surface area (TPSA) is 20.2 Å². The Bertz CT molecular complexity index is 249. The normalized spacial score (nSPS) is 11.7. The molecule has 0 unspecified atom stereocenters. The van der Waals surface area contributed by atoms with Crippen LogP contribution in [0, 0.1) is 0 Å². The predicted molar refractivity (Wildman–Crippen MR) is 51.8 cm³/mol. The first-order valence-electron chi connectivity index (χ1n) is 4.23. The molecule has 0 bridgehead atoms. The van der Waals surface area contributed by atoms with Crippen LogP contribution in [0.15, 0.2) is 36.4 Å². The average molecular weight is 162 g/mol. The van der Waals surface area contributed by atoms with E-state index in [-0.39, 0.29) is 6.61 Å². The lowest BCUT2D eigenvalue weighted by atomic mass is 10.0. The zero-order chi connectivity index (χ0) is 8.81. The zero-order valence-electron chi connectivity index (χ0n) is 7.33. The van der Waals surface area contributed by atoms with Crippen molar-refractivity contribution in [3.63, 3.8) is 0 Å². The smallest absolute Gasteiger partial charge is 0.0618 e. The van der Waals surface area contributed by atoms with E-state index in [1.165, 1.54) is 11.1 Å². The highest BCUT2D eigenvalue weighted by Crippen LogP contribution is 2.16. The lowest BCUT2D eigenvalue weighted by Gasteiger charge is -2.02. The van der Waals surface area contributed by atoms with Gasteiger partial charge in [-0.1, -0.05) is 43.3 Å². The van der Waals surface area contributed by atoms with Gasteiger partial charge < -0.3 is 5.11 Å². The molecule has 1 aromatic rings. The largest absolute Gasteiger partial charge is 0.392 e. The lowest BCUT2D eigenvalue weighted by Crippen LogP contribution is -1.84. The summed E-state index contributed by atoms with van der Waals surface area (Å²) in [4.78, 5) is 0. The second-order valence-electron chi connectivity index (χ2n) is 2.63. The fourth-order valence-electron chi connectivity index (χ4n) is 1.23. The molecule has 1 N–H and O–H groups in total. The quantitative estimate of drug-likeness (QED) is 0.724. The maximum atomic E-state index is 8.75. The van der Waals surface area contributed by atoms with Crippen molar-refractivity contribution in [3.05, 3.63) is 42.0 Å². The van der Waals surface area contributed by atoms with Crippen LogP contribution in [0.4, 0.5) is 0 Å². The number of benzene rings is 1. The number of allylic oxidation sites excluding steroid dienone is 1. The van der Waals surface area contributed by atoms with Crippen LogP contribution >= 0.6 is 0 Å². The van der Waals surface area contributed by atoms with Crippen LogP contribution < -0.4 is 0 Å². The Labute approximate surface area is 73.4 Å². The number of aliphatic hydroxyl groups excluding tert-OH is 1. The predicted octanol–water partition coefficient (Wildman–Crippen LogP) is 2.47. The molecule has 0 saturated carbocycles. The number of rotatable bonds is 3. The summed E-state index contributed by atoms with van der Waals surface area (Å²) in [5.41, 5.74) is 2.41. The number of hydrogen-bond donors (Lipinski definition) is 1. The maximum Gasteiger partial charge on any atom is 0.0618 e. The highest BCUT2D eigenvalue weighted by atomic mass is 16.2. The van der Waals surface area contributed by atoms with Crippen LogP contribution in [-0.2, 0) is 0 Å². The third-order valence-electron chi connectivity index (χ3n) is 1.86. The van der Waals surface area contributed by atoms with E-state index in [2.05, 4.69) is 19.1 Å². The van der Waals surface area contributed by atoms with E-state index in [0.29, 0.717) is 0 Å². The van der Waals surface area contributed by atoms with Crippen LogP contribution in [0.25, 0.3) is 5.57 Å². The Morgan fingerprint density at radius 2 is 2.00 bits per heavy atom. The molecule has 1 heteroatoms. The number of aliphatic hydroxyl groups is 1. The Balaban J connectivity index is 2.88. The van der Waals surface area contributed by atoms with Crippen molar-refractivity contribution in [2.45, 2.75) is 13.3 Å². The molecule has 0 aromatic heterocycles. The molecule has 1 nitrogen and oxygen atoms in total. The summed E-state index contributed by atoms with van der Waals surface area (Å²) in [5.74, 6) is 0. The third-order valence-corrected chi connectivity index (χ3v) is 1.86. The first-order chi connectivity index (χ1) is 5.88. The molecular formula is C11H14O. The van der Waals surface area contributed by atoms with Gasteiger partial charge in [-0.3, -0.25) is 0 Å². The minimum absolute atomic E-state index is 0.123. The molecule has 0 aliphatic carbocycles. The van der Waals surface area contributed by atoms with Crippen LogP contribution in [0.3, 0.4) is 0 Å². The molecule has 0 aliphatic rings. The van der Waals surface area contributed by atoms with Gasteiger partial charge in [-0.05, 0) is 17.6 Å². The van der Waals surface area contributed by atoms with E-state index in [1.807, 2.05) is 24.3 Å². The van der Waals surface area contributed by atoms with E-state index < -0.39 is 0 Å². The molecule has 0 saturated heterocycles. The van der Waals surface area contributed by atoms with Gasteiger partial charge in [0.1, 0.15) is 0 Å². The summed E-state index contributed by atoms with van der Waals surface area (Å²) < 4.78 is 0. The summed E-state index contributed by atoms with van der Waals surface area (Å²) in [6.45, 7) is 2.21. The molecule has 64 valence electrons. The Kier molecular flexibility index (Phi) is 3.55. The van der Waals surface area contributed by atoms with Crippen molar-refractivity contribution in [1.82, 2.24) is 0 Å². The van der Waals surface area contributed by atoms with Gasteiger partial charge in [-0.2, -0.15) is 0 Å². The molecule has 1 aromatic carbocycles.